The molecule has 0 radical (unpaired) electrons. The Bertz CT molecular complexity index is 1760. The predicted octanol–water partition coefficient (Wildman–Crippen LogP) is 4.66. The molecule has 0 saturated carbocycles. The number of anilines is 2. The van der Waals surface area contributed by atoms with Gasteiger partial charge in [0.1, 0.15) is 17.1 Å². The number of carbonyl (C=O) groups excluding carboxylic acids is 2. The van der Waals surface area contributed by atoms with Gasteiger partial charge in [-0.15, -0.1) is 0 Å². The first kappa shape index (κ1) is 29.4. The zero-order chi connectivity index (χ0) is 30.1. The van der Waals surface area contributed by atoms with E-state index in [1.807, 2.05) is 26.8 Å². The average molecular weight is 580 g/mol. The smallest absolute Gasteiger partial charge is 0.272 e. The van der Waals surface area contributed by atoms with E-state index in [2.05, 4.69) is 20.3 Å². The van der Waals surface area contributed by atoms with E-state index in [4.69, 9.17) is 9.47 Å². The number of rotatable bonds is 8. The Morgan fingerprint density at radius 1 is 1.00 bits per heavy atom. The van der Waals surface area contributed by atoms with Gasteiger partial charge in [-0.05, 0) is 41.3 Å². The minimum atomic E-state index is -3.62. The molecule has 11 nitrogen and oxygen atoms in total. The quantitative estimate of drug-likeness (QED) is 0.276. The number of pyridine rings is 1. The molecule has 2 aromatic carbocycles. The number of sulfonamides is 1. The van der Waals surface area contributed by atoms with Gasteiger partial charge >= 0.3 is 0 Å². The third-order valence-corrected chi connectivity index (χ3v) is 6.96. The first-order valence-electron chi connectivity index (χ1n) is 12.7. The number of aryl methyl sites for hydroxylation is 1. The number of carbonyl (C=O) groups is 2. The van der Waals surface area contributed by atoms with E-state index in [0.717, 1.165) is 17.2 Å². The van der Waals surface area contributed by atoms with Crippen LogP contribution < -0.4 is 24.8 Å². The summed E-state index contributed by atoms with van der Waals surface area (Å²) in [4.78, 5) is 29.7. The van der Waals surface area contributed by atoms with Crippen LogP contribution in [0.1, 0.15) is 47.3 Å². The van der Waals surface area contributed by atoms with Crippen molar-refractivity contribution >= 4 is 44.1 Å². The molecule has 0 spiro atoms. The van der Waals surface area contributed by atoms with Gasteiger partial charge in [-0.2, -0.15) is 0 Å². The Kier molecular flexibility index (Phi) is 7.98. The van der Waals surface area contributed by atoms with Crippen LogP contribution in [0.15, 0.2) is 54.7 Å². The minimum Gasteiger partial charge on any atom is -0.492 e. The highest BCUT2D eigenvalue weighted by atomic mass is 32.2. The molecule has 41 heavy (non-hydrogen) atoms. The van der Waals surface area contributed by atoms with Crippen molar-refractivity contribution in [3.05, 3.63) is 71.7 Å². The molecule has 2 amide bonds. The van der Waals surface area contributed by atoms with Crippen molar-refractivity contribution in [3.63, 3.8) is 0 Å². The van der Waals surface area contributed by atoms with Crippen molar-refractivity contribution in [1.29, 1.82) is 0 Å². The molecule has 12 heteroatoms. The molecule has 4 aromatic rings. The van der Waals surface area contributed by atoms with Crippen molar-refractivity contribution in [2.75, 3.05) is 30.5 Å². The number of nitrogens with one attached hydrogen (secondary N) is 3. The second-order valence-corrected chi connectivity index (χ2v) is 12.3. The number of amides is 2. The van der Waals surface area contributed by atoms with E-state index in [0.29, 0.717) is 28.4 Å². The van der Waals surface area contributed by atoms with Crippen molar-refractivity contribution in [3.8, 4) is 17.2 Å². The lowest BCUT2D eigenvalue weighted by Gasteiger charge is -2.24. The Hall–Kier alpha value is -4.58. The molecule has 2 heterocycles. The van der Waals surface area contributed by atoms with Gasteiger partial charge in [0.2, 0.25) is 10.0 Å². The fourth-order valence-corrected chi connectivity index (χ4v) is 4.92. The maximum atomic E-state index is 13.6. The summed E-state index contributed by atoms with van der Waals surface area (Å²) >= 11 is 0. The highest BCUT2D eigenvalue weighted by Crippen LogP contribution is 2.40. The molecular weight excluding hydrogens is 546 g/mol. The molecule has 4 rings (SSSR count). The largest absolute Gasteiger partial charge is 0.492 e. The average Bonchev–Trinajstić information content (AvgIpc) is 3.24. The van der Waals surface area contributed by atoms with Crippen LogP contribution in [0, 0.1) is 0 Å². The number of fused-ring (bicyclic) bond motifs is 1. The van der Waals surface area contributed by atoms with E-state index in [1.165, 1.54) is 26.4 Å². The third kappa shape index (κ3) is 6.43. The number of para-hydroxylation sites is 1. The predicted molar refractivity (Wildman–Crippen MR) is 159 cm³/mol. The molecular formula is C29H33N5O6S. The molecule has 0 aliphatic rings. The standard InChI is InChI=1S/C29H33N5O6S/c1-29(2,3)18-14-20(26(39-6)21(15-18)33-41(7,37)38)32-28(36)23-13-17-9-8-10-24(25(17)34(23)5)40-19-11-12-31-22(16-19)27(35)30-4/h8-16,33H,1-7H3,(H,30,35)(H,32,36). The normalized spacial score (nSPS) is 11.7. The van der Waals surface area contributed by atoms with Crippen LogP contribution in [0.3, 0.4) is 0 Å². The summed E-state index contributed by atoms with van der Waals surface area (Å²) in [5.41, 5.74) is 2.18. The van der Waals surface area contributed by atoms with Gasteiger partial charge in [-0.3, -0.25) is 19.3 Å². The Morgan fingerprint density at radius 2 is 1.71 bits per heavy atom. The fourth-order valence-electron chi connectivity index (χ4n) is 4.37. The van der Waals surface area contributed by atoms with Crippen molar-refractivity contribution < 1.29 is 27.5 Å². The molecule has 3 N–H and O–H groups in total. The highest BCUT2D eigenvalue weighted by molar-refractivity contribution is 7.92. The summed E-state index contributed by atoms with van der Waals surface area (Å²) in [6, 6.07) is 13.8. The second-order valence-electron chi connectivity index (χ2n) is 10.5. The van der Waals surface area contributed by atoms with Crippen LogP contribution in [0.2, 0.25) is 0 Å². The van der Waals surface area contributed by atoms with Crippen LogP contribution in [-0.4, -0.2) is 50.2 Å². The lowest BCUT2D eigenvalue weighted by Crippen LogP contribution is -2.19. The molecule has 0 fully saturated rings. The SMILES string of the molecule is CNC(=O)c1cc(Oc2cccc3cc(C(=O)Nc4cc(C(C)(C)C)cc(NS(C)(=O)=O)c4OC)n(C)c23)ccn1. The molecule has 216 valence electrons. The van der Waals surface area contributed by atoms with Crippen molar-refractivity contribution in [2.45, 2.75) is 26.2 Å². The maximum Gasteiger partial charge on any atom is 0.272 e. The summed E-state index contributed by atoms with van der Waals surface area (Å²) in [6.07, 6.45) is 2.53. The summed E-state index contributed by atoms with van der Waals surface area (Å²) in [5.74, 6) is 0.296. The van der Waals surface area contributed by atoms with Crippen molar-refractivity contribution in [1.82, 2.24) is 14.9 Å². The highest BCUT2D eigenvalue weighted by Gasteiger charge is 2.24. The lowest BCUT2D eigenvalue weighted by molar-refractivity contribution is 0.0956. The van der Waals surface area contributed by atoms with Crippen LogP contribution in [0.5, 0.6) is 17.2 Å². The molecule has 0 saturated heterocycles. The van der Waals surface area contributed by atoms with E-state index in [9.17, 15) is 18.0 Å². The van der Waals surface area contributed by atoms with Gasteiger partial charge < -0.3 is 24.7 Å². The Balaban J connectivity index is 1.74. The van der Waals surface area contributed by atoms with Gasteiger partial charge in [-0.25, -0.2) is 8.42 Å². The van der Waals surface area contributed by atoms with Crippen LogP contribution >= 0.6 is 0 Å². The Morgan fingerprint density at radius 3 is 2.34 bits per heavy atom. The van der Waals surface area contributed by atoms with E-state index >= 15 is 0 Å². The summed E-state index contributed by atoms with van der Waals surface area (Å²) in [5, 5.41) is 6.19. The Labute approximate surface area is 238 Å². The summed E-state index contributed by atoms with van der Waals surface area (Å²) in [7, 11) is 1.05. The summed E-state index contributed by atoms with van der Waals surface area (Å²) in [6.45, 7) is 5.95. The zero-order valence-electron chi connectivity index (χ0n) is 23.9. The first-order chi connectivity index (χ1) is 19.2. The number of aromatic nitrogens is 2. The van der Waals surface area contributed by atoms with E-state index in [-0.39, 0.29) is 28.5 Å². The third-order valence-electron chi connectivity index (χ3n) is 6.37. The monoisotopic (exact) mass is 579 g/mol. The number of ether oxygens (including phenoxy) is 2. The molecule has 2 aromatic heterocycles. The zero-order valence-corrected chi connectivity index (χ0v) is 24.8. The van der Waals surface area contributed by atoms with E-state index < -0.39 is 15.9 Å². The van der Waals surface area contributed by atoms with Gasteiger partial charge in [0.15, 0.2) is 11.5 Å². The van der Waals surface area contributed by atoms with Crippen LogP contribution in [0.4, 0.5) is 11.4 Å². The maximum absolute atomic E-state index is 13.6. The number of methoxy groups -OCH3 is 1. The van der Waals surface area contributed by atoms with Crippen molar-refractivity contribution in [2.24, 2.45) is 7.05 Å². The number of benzene rings is 2. The van der Waals surface area contributed by atoms with Gasteiger partial charge in [0.25, 0.3) is 11.8 Å². The van der Waals surface area contributed by atoms with E-state index in [1.54, 1.807) is 48.0 Å². The second kappa shape index (κ2) is 11.1. The molecule has 0 bridgehead atoms. The number of hydrogen-bond acceptors (Lipinski definition) is 7. The van der Waals surface area contributed by atoms with Gasteiger partial charge in [-0.1, -0.05) is 32.9 Å². The van der Waals surface area contributed by atoms with Gasteiger partial charge in [0, 0.05) is 31.7 Å². The van der Waals surface area contributed by atoms with Crippen LogP contribution in [-0.2, 0) is 22.5 Å². The topological polar surface area (TPSA) is 141 Å². The molecule has 0 atom stereocenters. The molecule has 0 unspecified atom stereocenters. The number of nitrogens with zero attached hydrogens (tertiary/aromatic N) is 2. The summed E-state index contributed by atoms with van der Waals surface area (Å²) < 4.78 is 40.0. The fraction of sp³-hybridized carbons (Fsp3) is 0.276. The molecule has 0 aliphatic carbocycles. The lowest BCUT2D eigenvalue weighted by atomic mass is 9.86. The first-order valence-corrected chi connectivity index (χ1v) is 14.6. The molecule has 0 aliphatic heterocycles. The minimum absolute atomic E-state index is 0.184. The van der Waals surface area contributed by atoms with Crippen LogP contribution in [0.25, 0.3) is 10.9 Å². The number of hydrogen-bond donors (Lipinski definition) is 3. The van der Waals surface area contributed by atoms with Gasteiger partial charge in [0.05, 0.1) is 30.3 Å².